The van der Waals surface area contributed by atoms with E-state index in [1.165, 1.54) is 0 Å². The SMILES string of the molecule is CC(C)C[C@H](NC(=O)C1CCCC(N)C1)C(=O)OC(C)C. The van der Waals surface area contributed by atoms with Crippen LogP contribution in [0.5, 0.6) is 0 Å². The van der Waals surface area contributed by atoms with E-state index in [1.54, 1.807) is 0 Å². The Bertz CT molecular complexity index is 355. The number of nitrogens with two attached hydrogens (primary N) is 1. The first kappa shape index (κ1) is 18.0. The second-order valence-corrected chi connectivity index (χ2v) is 6.80. The third-order valence-electron chi connectivity index (χ3n) is 3.75. The fourth-order valence-corrected chi connectivity index (χ4v) is 2.76. The molecule has 1 aliphatic carbocycles. The van der Waals surface area contributed by atoms with E-state index in [4.69, 9.17) is 10.5 Å². The average molecular weight is 298 g/mol. The molecule has 0 bridgehead atoms. The monoisotopic (exact) mass is 298 g/mol. The summed E-state index contributed by atoms with van der Waals surface area (Å²) in [5.41, 5.74) is 5.93. The van der Waals surface area contributed by atoms with Gasteiger partial charge in [-0.3, -0.25) is 4.79 Å². The van der Waals surface area contributed by atoms with Crippen molar-refractivity contribution < 1.29 is 14.3 Å². The molecule has 3 N–H and O–H groups in total. The van der Waals surface area contributed by atoms with E-state index in [0.29, 0.717) is 18.8 Å². The Morgan fingerprint density at radius 3 is 2.43 bits per heavy atom. The molecule has 0 spiro atoms. The van der Waals surface area contributed by atoms with Crippen molar-refractivity contribution in [2.45, 2.75) is 78.0 Å². The van der Waals surface area contributed by atoms with Crippen LogP contribution in [0.1, 0.15) is 59.8 Å². The maximum atomic E-state index is 12.4. The van der Waals surface area contributed by atoms with Gasteiger partial charge in [-0.2, -0.15) is 0 Å². The molecule has 0 aromatic rings. The van der Waals surface area contributed by atoms with Gasteiger partial charge >= 0.3 is 5.97 Å². The molecule has 3 atom stereocenters. The molecule has 1 saturated carbocycles. The van der Waals surface area contributed by atoms with Gasteiger partial charge in [0.15, 0.2) is 0 Å². The van der Waals surface area contributed by atoms with Crippen LogP contribution in [0.25, 0.3) is 0 Å². The molecule has 0 radical (unpaired) electrons. The lowest BCUT2D eigenvalue weighted by Gasteiger charge is -2.28. The molecule has 5 nitrogen and oxygen atoms in total. The summed E-state index contributed by atoms with van der Waals surface area (Å²) in [5, 5.41) is 2.87. The van der Waals surface area contributed by atoms with Crippen LogP contribution in [-0.2, 0) is 14.3 Å². The first-order chi connectivity index (χ1) is 9.79. The number of hydrogen-bond donors (Lipinski definition) is 2. The van der Waals surface area contributed by atoms with E-state index in [-0.39, 0.29) is 29.9 Å². The molecule has 0 aromatic carbocycles. The lowest BCUT2D eigenvalue weighted by molar-refractivity contribution is -0.152. The van der Waals surface area contributed by atoms with Crippen LogP contribution in [0.4, 0.5) is 0 Å². The molecule has 0 saturated heterocycles. The lowest BCUT2D eigenvalue weighted by Crippen LogP contribution is -2.47. The van der Waals surface area contributed by atoms with Crippen LogP contribution in [-0.4, -0.2) is 30.1 Å². The highest BCUT2D eigenvalue weighted by Crippen LogP contribution is 2.23. The zero-order chi connectivity index (χ0) is 16.0. The van der Waals surface area contributed by atoms with Gasteiger partial charge in [0.1, 0.15) is 6.04 Å². The van der Waals surface area contributed by atoms with Crippen molar-refractivity contribution in [2.24, 2.45) is 17.6 Å². The summed E-state index contributed by atoms with van der Waals surface area (Å²) in [7, 11) is 0. The Balaban J connectivity index is 2.62. The van der Waals surface area contributed by atoms with E-state index in [9.17, 15) is 9.59 Å². The van der Waals surface area contributed by atoms with Crippen LogP contribution in [0.15, 0.2) is 0 Å². The van der Waals surface area contributed by atoms with Crippen LogP contribution in [0.2, 0.25) is 0 Å². The van der Waals surface area contributed by atoms with Gasteiger partial charge in [0, 0.05) is 12.0 Å². The van der Waals surface area contributed by atoms with Crippen molar-refractivity contribution in [1.82, 2.24) is 5.32 Å². The minimum Gasteiger partial charge on any atom is -0.461 e. The van der Waals surface area contributed by atoms with E-state index >= 15 is 0 Å². The van der Waals surface area contributed by atoms with Crippen molar-refractivity contribution in [2.75, 3.05) is 0 Å². The van der Waals surface area contributed by atoms with Gasteiger partial charge in [0.05, 0.1) is 6.10 Å². The lowest BCUT2D eigenvalue weighted by atomic mass is 9.85. The Hall–Kier alpha value is -1.10. The third-order valence-corrected chi connectivity index (χ3v) is 3.75. The van der Waals surface area contributed by atoms with Gasteiger partial charge in [-0.15, -0.1) is 0 Å². The molecule has 1 fully saturated rings. The Kier molecular flexibility index (Phi) is 7.15. The first-order valence-electron chi connectivity index (χ1n) is 8.06. The molecule has 122 valence electrons. The van der Waals surface area contributed by atoms with Crippen LogP contribution < -0.4 is 11.1 Å². The molecular formula is C16H30N2O3. The number of esters is 1. The Morgan fingerprint density at radius 1 is 1.24 bits per heavy atom. The second-order valence-electron chi connectivity index (χ2n) is 6.80. The van der Waals surface area contributed by atoms with E-state index in [0.717, 1.165) is 19.3 Å². The summed E-state index contributed by atoms with van der Waals surface area (Å²) >= 11 is 0. The quantitative estimate of drug-likeness (QED) is 0.735. The summed E-state index contributed by atoms with van der Waals surface area (Å²) in [4.78, 5) is 24.5. The number of carbonyl (C=O) groups is 2. The second kappa shape index (κ2) is 8.37. The number of ether oxygens (including phenoxy) is 1. The van der Waals surface area contributed by atoms with Crippen LogP contribution in [0, 0.1) is 11.8 Å². The van der Waals surface area contributed by atoms with E-state index in [1.807, 2.05) is 27.7 Å². The highest BCUT2D eigenvalue weighted by molar-refractivity contribution is 5.85. The fraction of sp³-hybridized carbons (Fsp3) is 0.875. The maximum Gasteiger partial charge on any atom is 0.328 e. The number of hydrogen-bond acceptors (Lipinski definition) is 4. The van der Waals surface area contributed by atoms with E-state index < -0.39 is 6.04 Å². The first-order valence-corrected chi connectivity index (χ1v) is 8.06. The number of carbonyl (C=O) groups excluding carboxylic acids is 2. The number of rotatable bonds is 6. The zero-order valence-electron chi connectivity index (χ0n) is 13.7. The molecule has 2 unspecified atom stereocenters. The Labute approximate surface area is 128 Å². The van der Waals surface area contributed by atoms with Crippen LogP contribution >= 0.6 is 0 Å². The maximum absolute atomic E-state index is 12.4. The molecular weight excluding hydrogens is 268 g/mol. The molecule has 1 aliphatic rings. The topological polar surface area (TPSA) is 81.4 Å². The standard InChI is InChI=1S/C16H30N2O3/c1-10(2)8-14(16(20)21-11(3)4)18-15(19)12-6-5-7-13(17)9-12/h10-14H,5-9,17H2,1-4H3,(H,18,19)/t12?,13?,14-/m0/s1. The highest BCUT2D eigenvalue weighted by Gasteiger charge is 2.30. The smallest absolute Gasteiger partial charge is 0.328 e. The molecule has 0 heterocycles. The van der Waals surface area contributed by atoms with E-state index in [2.05, 4.69) is 5.32 Å². The third kappa shape index (κ3) is 6.46. The molecule has 0 aliphatic heterocycles. The number of nitrogens with one attached hydrogen (secondary N) is 1. The van der Waals surface area contributed by atoms with Gasteiger partial charge in [-0.05, 0) is 45.4 Å². The van der Waals surface area contributed by atoms with Crippen molar-refractivity contribution in [3.63, 3.8) is 0 Å². The van der Waals surface area contributed by atoms with Gasteiger partial charge in [0.2, 0.25) is 5.91 Å². The predicted molar refractivity (Wildman–Crippen MR) is 82.5 cm³/mol. The van der Waals surface area contributed by atoms with Crippen molar-refractivity contribution >= 4 is 11.9 Å². The van der Waals surface area contributed by atoms with Crippen molar-refractivity contribution in [1.29, 1.82) is 0 Å². The van der Waals surface area contributed by atoms with Gasteiger partial charge in [-0.25, -0.2) is 4.79 Å². The van der Waals surface area contributed by atoms with Gasteiger partial charge < -0.3 is 15.8 Å². The molecule has 5 heteroatoms. The normalized spacial score (nSPS) is 24.0. The molecule has 1 amide bonds. The summed E-state index contributed by atoms with van der Waals surface area (Å²) < 4.78 is 5.24. The summed E-state index contributed by atoms with van der Waals surface area (Å²) in [5.74, 6) is -0.164. The highest BCUT2D eigenvalue weighted by atomic mass is 16.5. The summed E-state index contributed by atoms with van der Waals surface area (Å²) in [6.45, 7) is 7.68. The van der Waals surface area contributed by atoms with Gasteiger partial charge in [0.25, 0.3) is 0 Å². The minimum absolute atomic E-state index is 0.0588. The minimum atomic E-state index is -0.557. The molecule has 0 aromatic heterocycles. The Morgan fingerprint density at radius 2 is 1.90 bits per heavy atom. The molecule has 1 rings (SSSR count). The van der Waals surface area contributed by atoms with Crippen molar-refractivity contribution in [3.8, 4) is 0 Å². The average Bonchev–Trinajstić information content (AvgIpc) is 2.36. The zero-order valence-corrected chi connectivity index (χ0v) is 13.7. The largest absolute Gasteiger partial charge is 0.461 e. The van der Waals surface area contributed by atoms with Crippen molar-refractivity contribution in [3.05, 3.63) is 0 Å². The van der Waals surface area contributed by atoms with Gasteiger partial charge in [-0.1, -0.05) is 20.3 Å². The predicted octanol–water partition coefficient (Wildman–Crippen LogP) is 1.99. The molecule has 21 heavy (non-hydrogen) atoms. The van der Waals surface area contributed by atoms with Crippen LogP contribution in [0.3, 0.4) is 0 Å². The summed E-state index contributed by atoms with van der Waals surface area (Å²) in [6, 6.07) is -0.460. The number of amides is 1. The fourth-order valence-electron chi connectivity index (χ4n) is 2.76. The summed E-state index contributed by atoms with van der Waals surface area (Å²) in [6.07, 6.45) is 3.94.